The van der Waals surface area contributed by atoms with E-state index in [0.29, 0.717) is 35.5 Å². The van der Waals surface area contributed by atoms with E-state index in [1.807, 2.05) is 0 Å². The van der Waals surface area contributed by atoms with E-state index in [1.54, 1.807) is 0 Å². The van der Waals surface area contributed by atoms with Gasteiger partial charge < -0.3 is 9.84 Å². The van der Waals surface area contributed by atoms with Crippen molar-refractivity contribution in [3.63, 3.8) is 0 Å². The molecule has 0 aromatic rings. The summed E-state index contributed by atoms with van der Waals surface area (Å²) in [6.45, 7) is 14.3. The molecule has 168 valence electrons. The zero-order valence-electron chi connectivity index (χ0n) is 20.2. The van der Waals surface area contributed by atoms with Crippen molar-refractivity contribution in [3.05, 3.63) is 35.8 Å². The summed E-state index contributed by atoms with van der Waals surface area (Å²) in [7, 11) is 0. The Bertz CT molecular complexity index is 731. The number of hydrogen-bond donors (Lipinski definition) is 1. The molecule has 2 bridgehead atoms. The van der Waals surface area contributed by atoms with Crippen LogP contribution in [0.1, 0.15) is 86.5 Å². The maximum absolute atomic E-state index is 10.3. The van der Waals surface area contributed by atoms with E-state index in [4.69, 9.17) is 4.74 Å². The lowest BCUT2D eigenvalue weighted by Crippen LogP contribution is -2.37. The largest absolute Gasteiger partial charge is 0.466 e. The van der Waals surface area contributed by atoms with E-state index in [2.05, 4.69) is 65.8 Å². The highest BCUT2D eigenvalue weighted by atomic mass is 16.5. The van der Waals surface area contributed by atoms with Crippen LogP contribution < -0.4 is 0 Å². The first-order chi connectivity index (χ1) is 14.1. The van der Waals surface area contributed by atoms with E-state index < -0.39 is 0 Å². The minimum Gasteiger partial charge on any atom is -0.466 e. The van der Waals surface area contributed by atoms with Gasteiger partial charge >= 0.3 is 0 Å². The van der Waals surface area contributed by atoms with E-state index in [1.165, 1.54) is 24.4 Å². The molecule has 2 aliphatic heterocycles. The summed E-state index contributed by atoms with van der Waals surface area (Å²) >= 11 is 0. The predicted molar refractivity (Wildman–Crippen MR) is 125 cm³/mol. The van der Waals surface area contributed by atoms with Crippen LogP contribution in [0.3, 0.4) is 0 Å². The summed E-state index contributed by atoms with van der Waals surface area (Å²) in [4.78, 5) is 0. The minimum atomic E-state index is -0.135. The van der Waals surface area contributed by atoms with Crippen molar-refractivity contribution in [2.45, 2.75) is 92.6 Å². The Kier molecular flexibility index (Phi) is 6.03. The van der Waals surface area contributed by atoms with E-state index >= 15 is 0 Å². The van der Waals surface area contributed by atoms with Crippen molar-refractivity contribution in [2.75, 3.05) is 0 Å². The number of hydrogen-bond acceptors (Lipinski definition) is 2. The topological polar surface area (TPSA) is 29.5 Å². The van der Waals surface area contributed by atoms with Gasteiger partial charge in [0.15, 0.2) is 0 Å². The average Bonchev–Trinajstić information content (AvgIpc) is 2.88. The molecule has 2 fully saturated rings. The Hall–Kier alpha value is -1.02. The van der Waals surface area contributed by atoms with Crippen molar-refractivity contribution in [3.8, 4) is 0 Å². The van der Waals surface area contributed by atoms with E-state index in [9.17, 15) is 5.11 Å². The molecule has 30 heavy (non-hydrogen) atoms. The Morgan fingerprint density at radius 3 is 2.57 bits per heavy atom. The quantitative estimate of drug-likeness (QED) is 0.492. The molecule has 8 unspecified atom stereocenters. The van der Waals surface area contributed by atoms with Crippen LogP contribution in [0.2, 0.25) is 0 Å². The second kappa shape index (κ2) is 8.15. The second-order valence-electron chi connectivity index (χ2n) is 11.8. The van der Waals surface area contributed by atoms with E-state index in [-0.39, 0.29) is 16.9 Å². The normalized spacial score (nSPS) is 43.1. The highest BCUT2D eigenvalue weighted by molar-refractivity contribution is 5.25. The number of rotatable bonds is 4. The van der Waals surface area contributed by atoms with Gasteiger partial charge in [-0.15, -0.1) is 0 Å². The molecule has 2 aliphatic carbocycles. The average molecular weight is 413 g/mol. The van der Waals surface area contributed by atoms with Crippen LogP contribution in [-0.4, -0.2) is 11.2 Å². The van der Waals surface area contributed by atoms with Crippen molar-refractivity contribution in [2.24, 2.45) is 46.3 Å². The predicted octanol–water partition coefficient (Wildman–Crippen LogP) is 7.26. The van der Waals surface area contributed by atoms with Crippen LogP contribution in [0.15, 0.2) is 35.8 Å². The first-order valence-corrected chi connectivity index (χ1v) is 12.6. The molecule has 8 atom stereocenters. The fourth-order valence-electron chi connectivity index (χ4n) is 7.00. The minimum absolute atomic E-state index is 0.0835. The number of aliphatic hydroxyl groups excluding tert-OH is 1. The highest BCUT2D eigenvalue weighted by Gasteiger charge is 2.53. The van der Waals surface area contributed by atoms with Crippen molar-refractivity contribution >= 4 is 0 Å². The first kappa shape index (κ1) is 22.2. The summed E-state index contributed by atoms with van der Waals surface area (Å²) in [6.07, 6.45) is 17.3. The summed E-state index contributed by atoms with van der Waals surface area (Å²) in [5.41, 5.74) is 0.357. The second-order valence-corrected chi connectivity index (χ2v) is 11.8. The van der Waals surface area contributed by atoms with Gasteiger partial charge in [0.1, 0.15) is 11.5 Å². The monoisotopic (exact) mass is 412 g/mol. The highest BCUT2D eigenvalue weighted by Crippen LogP contribution is 2.61. The molecule has 2 heteroatoms. The molecular weight excluding hydrogens is 368 g/mol. The smallest absolute Gasteiger partial charge is 0.106 e. The van der Waals surface area contributed by atoms with Gasteiger partial charge in [-0.3, -0.25) is 0 Å². The van der Waals surface area contributed by atoms with Crippen LogP contribution >= 0.6 is 0 Å². The molecule has 0 radical (unpaired) electrons. The fraction of sp³-hybridized carbons (Fsp3) is 0.786. The third-order valence-corrected chi connectivity index (χ3v) is 9.73. The molecule has 4 rings (SSSR count). The lowest BCUT2D eigenvalue weighted by Gasteiger charge is -2.42. The lowest BCUT2D eigenvalue weighted by atomic mass is 9.62. The molecular formula is C28H44O2. The van der Waals surface area contributed by atoms with Gasteiger partial charge in [-0.2, -0.15) is 0 Å². The van der Waals surface area contributed by atoms with Crippen molar-refractivity contribution in [1.82, 2.24) is 0 Å². The van der Waals surface area contributed by atoms with Gasteiger partial charge in [0.25, 0.3) is 0 Å². The zero-order chi connectivity index (χ0) is 21.7. The number of ether oxygens (including phenoxy) is 1. The zero-order valence-corrected chi connectivity index (χ0v) is 20.2. The molecule has 0 amide bonds. The Labute approximate surface area is 184 Å². The van der Waals surface area contributed by atoms with Crippen molar-refractivity contribution in [1.29, 1.82) is 0 Å². The van der Waals surface area contributed by atoms with Gasteiger partial charge in [0.2, 0.25) is 0 Å². The number of allylic oxidation sites excluding steroid dienone is 6. The molecule has 4 aliphatic rings. The molecule has 0 spiro atoms. The maximum atomic E-state index is 10.3. The van der Waals surface area contributed by atoms with Gasteiger partial charge in [-0.05, 0) is 92.1 Å². The molecule has 0 aromatic carbocycles. The van der Waals surface area contributed by atoms with Gasteiger partial charge in [-0.1, -0.05) is 53.7 Å². The maximum Gasteiger partial charge on any atom is 0.106 e. The number of aliphatic hydroxyl groups is 1. The summed E-state index contributed by atoms with van der Waals surface area (Å²) in [5, 5.41) is 10.3. The molecule has 1 N–H and O–H groups in total. The SMILES string of the molecule is CC(C)C(C)C=CC(C)C1CCC2C3=CCC4CC(O)CCC4(C)C(=CCC21C)O3. The molecule has 2 heterocycles. The van der Waals surface area contributed by atoms with Crippen LogP contribution in [0.5, 0.6) is 0 Å². The van der Waals surface area contributed by atoms with Crippen LogP contribution in [0, 0.1) is 46.3 Å². The molecule has 2 nitrogen and oxygen atoms in total. The molecule has 2 saturated carbocycles. The van der Waals surface area contributed by atoms with Crippen LogP contribution in [0.4, 0.5) is 0 Å². The van der Waals surface area contributed by atoms with Crippen molar-refractivity contribution < 1.29 is 9.84 Å². The Morgan fingerprint density at radius 2 is 1.83 bits per heavy atom. The standard InChI is InChI=1S/C28H44O2/c1-18(2)19(3)7-8-20(4)23-10-11-24-25-12-9-21-17-22(29)13-15-27(21,5)26(30-25)14-16-28(23,24)6/h7-8,12,14,18-24,29H,9-11,13,15-17H2,1-6H3. The number of fused-ring (bicyclic) bond motifs is 6. The van der Waals surface area contributed by atoms with Crippen LogP contribution in [-0.2, 0) is 4.74 Å². The van der Waals surface area contributed by atoms with Crippen LogP contribution in [0.25, 0.3) is 0 Å². The Morgan fingerprint density at radius 1 is 1.07 bits per heavy atom. The third-order valence-electron chi connectivity index (χ3n) is 9.73. The van der Waals surface area contributed by atoms with Gasteiger partial charge in [0.05, 0.1) is 6.10 Å². The van der Waals surface area contributed by atoms with Gasteiger partial charge in [-0.25, -0.2) is 0 Å². The molecule has 0 saturated heterocycles. The summed E-state index contributed by atoms with van der Waals surface area (Å²) in [6, 6.07) is 0. The third kappa shape index (κ3) is 3.72. The molecule has 0 aromatic heterocycles. The van der Waals surface area contributed by atoms with Gasteiger partial charge in [0, 0.05) is 11.3 Å². The Balaban J connectivity index is 1.61. The summed E-state index contributed by atoms with van der Waals surface area (Å²) in [5.74, 6) is 6.16. The fourth-order valence-corrected chi connectivity index (χ4v) is 7.00. The van der Waals surface area contributed by atoms with E-state index in [0.717, 1.165) is 32.1 Å². The lowest BCUT2D eigenvalue weighted by molar-refractivity contribution is 0.0165. The first-order valence-electron chi connectivity index (χ1n) is 12.6. The summed E-state index contributed by atoms with van der Waals surface area (Å²) < 4.78 is 6.74.